The highest BCUT2D eigenvalue weighted by Gasteiger charge is 2.51. The average Bonchev–Trinajstić information content (AvgIpc) is 3.88. The number of benzene rings is 10. The Bertz CT molecular complexity index is 3610. The first kappa shape index (κ1) is 37.2. The summed E-state index contributed by atoms with van der Waals surface area (Å²) >= 11 is 0. The standard InChI is InChI=1S/C64H43NO/c1-63(2)54-26-12-8-21-46(54)50-34-32-42(38-58(50)63)65(60-30-16-25-52-44-19-6-7-20-45(44)53-37-41(40-17-4-3-5-18-40)31-36-61(53)66-62(52)60)43-33-35-51-49-24-11-15-29-57(49)64(59(51)39-43)55-27-13-9-22-47(55)48-23-10-14-28-56(48)64/h3-39H,1-2H3. The molecule has 0 amide bonds. The number of para-hydroxylation sites is 1. The van der Waals surface area contributed by atoms with Crippen LogP contribution in [0.2, 0.25) is 0 Å². The van der Waals surface area contributed by atoms with Gasteiger partial charge in [0, 0.05) is 27.9 Å². The highest BCUT2D eigenvalue weighted by Crippen LogP contribution is 2.64. The second kappa shape index (κ2) is 13.7. The molecule has 66 heavy (non-hydrogen) atoms. The van der Waals surface area contributed by atoms with Crippen LogP contribution in [0.25, 0.3) is 66.8 Å². The van der Waals surface area contributed by atoms with Gasteiger partial charge in [-0.1, -0.05) is 196 Å². The van der Waals surface area contributed by atoms with Crippen LogP contribution >= 0.6 is 0 Å². The van der Waals surface area contributed by atoms with Crippen molar-refractivity contribution in [3.63, 3.8) is 0 Å². The molecule has 0 atom stereocenters. The van der Waals surface area contributed by atoms with Crippen LogP contribution in [-0.2, 0) is 10.8 Å². The Labute approximate surface area is 385 Å². The number of hydrogen-bond donors (Lipinski definition) is 0. The van der Waals surface area contributed by atoms with Crippen molar-refractivity contribution < 1.29 is 4.74 Å². The summed E-state index contributed by atoms with van der Waals surface area (Å²) in [4.78, 5) is 2.47. The highest BCUT2D eigenvalue weighted by atomic mass is 16.5. The molecular formula is C64H43NO. The summed E-state index contributed by atoms with van der Waals surface area (Å²) in [5.41, 5.74) is 25.0. The van der Waals surface area contributed by atoms with E-state index in [4.69, 9.17) is 4.74 Å². The van der Waals surface area contributed by atoms with Crippen LogP contribution in [0.15, 0.2) is 224 Å². The highest BCUT2D eigenvalue weighted by molar-refractivity contribution is 5.99. The molecule has 0 saturated heterocycles. The Kier molecular flexibility index (Phi) is 7.70. The van der Waals surface area contributed by atoms with Gasteiger partial charge in [-0.3, -0.25) is 0 Å². The SMILES string of the molecule is CC1(C)c2ccccc2-c2ccc(N(c3ccc4c(c3)C3(c5ccccc5-c5ccccc53)c3ccccc3-4)c3cccc4c3Oc3ccc(-c5ccccc5)cc3-c3ccccc3-4)cc21. The maximum absolute atomic E-state index is 7.40. The van der Waals surface area contributed by atoms with Crippen molar-refractivity contribution in [3.8, 4) is 78.3 Å². The van der Waals surface area contributed by atoms with Crippen molar-refractivity contribution in [2.24, 2.45) is 0 Å². The van der Waals surface area contributed by atoms with Gasteiger partial charge >= 0.3 is 0 Å². The zero-order valence-corrected chi connectivity index (χ0v) is 36.7. The summed E-state index contributed by atoms with van der Waals surface area (Å²) in [6.07, 6.45) is 0. The van der Waals surface area contributed by atoms with Gasteiger partial charge in [0.1, 0.15) is 5.75 Å². The summed E-state index contributed by atoms with van der Waals surface area (Å²) in [7, 11) is 0. The van der Waals surface area contributed by atoms with Crippen molar-refractivity contribution >= 4 is 17.1 Å². The van der Waals surface area contributed by atoms with Gasteiger partial charge in [0.2, 0.25) is 0 Å². The van der Waals surface area contributed by atoms with E-state index in [1.165, 1.54) is 72.3 Å². The normalized spacial score (nSPS) is 14.3. The van der Waals surface area contributed by atoms with Gasteiger partial charge < -0.3 is 9.64 Å². The van der Waals surface area contributed by atoms with Crippen LogP contribution in [-0.4, -0.2) is 0 Å². The van der Waals surface area contributed by atoms with Gasteiger partial charge in [0.15, 0.2) is 5.75 Å². The number of rotatable bonds is 4. The quantitative estimate of drug-likeness (QED) is 0.175. The molecule has 0 bridgehead atoms. The molecule has 1 spiro atoms. The van der Waals surface area contributed by atoms with Crippen molar-refractivity contribution in [3.05, 3.63) is 258 Å². The number of ether oxygens (including phenoxy) is 1. The minimum absolute atomic E-state index is 0.188. The van der Waals surface area contributed by atoms with Crippen LogP contribution in [0.3, 0.4) is 0 Å². The predicted molar refractivity (Wildman–Crippen MR) is 271 cm³/mol. The van der Waals surface area contributed by atoms with E-state index in [1.54, 1.807) is 0 Å². The molecule has 310 valence electrons. The van der Waals surface area contributed by atoms with E-state index in [9.17, 15) is 0 Å². The molecule has 0 radical (unpaired) electrons. The van der Waals surface area contributed by atoms with Crippen LogP contribution in [0.4, 0.5) is 17.1 Å². The summed E-state index contributed by atoms with van der Waals surface area (Å²) in [6, 6.07) is 83.1. The van der Waals surface area contributed by atoms with Gasteiger partial charge in [-0.25, -0.2) is 0 Å². The van der Waals surface area contributed by atoms with Gasteiger partial charge in [0.05, 0.1) is 11.1 Å². The van der Waals surface area contributed by atoms with Gasteiger partial charge in [-0.15, -0.1) is 0 Å². The number of nitrogens with zero attached hydrogens (tertiary/aromatic N) is 1. The first-order valence-corrected chi connectivity index (χ1v) is 23.1. The zero-order valence-electron chi connectivity index (χ0n) is 36.7. The lowest BCUT2D eigenvalue weighted by Crippen LogP contribution is -2.26. The fourth-order valence-corrected chi connectivity index (χ4v) is 12.2. The van der Waals surface area contributed by atoms with E-state index in [-0.39, 0.29) is 5.41 Å². The third-order valence-electron chi connectivity index (χ3n) is 15.1. The van der Waals surface area contributed by atoms with E-state index < -0.39 is 5.41 Å². The first-order valence-electron chi connectivity index (χ1n) is 23.1. The lowest BCUT2D eigenvalue weighted by atomic mass is 9.70. The molecule has 0 aromatic heterocycles. The lowest BCUT2D eigenvalue weighted by Gasteiger charge is -2.33. The molecule has 0 unspecified atom stereocenters. The van der Waals surface area contributed by atoms with E-state index in [2.05, 4.69) is 243 Å². The molecule has 0 fully saturated rings. The molecule has 1 aliphatic heterocycles. The number of hydrogen-bond acceptors (Lipinski definition) is 2. The summed E-state index contributed by atoms with van der Waals surface area (Å²) in [5, 5.41) is 0. The predicted octanol–water partition coefficient (Wildman–Crippen LogP) is 16.9. The lowest BCUT2D eigenvalue weighted by molar-refractivity contribution is 0.489. The molecule has 14 rings (SSSR count). The van der Waals surface area contributed by atoms with E-state index in [0.717, 1.165) is 56.4 Å². The summed E-state index contributed by atoms with van der Waals surface area (Å²) in [6.45, 7) is 4.73. The Morgan fingerprint density at radius 1 is 0.318 bits per heavy atom. The molecule has 2 heteroatoms. The number of anilines is 3. The van der Waals surface area contributed by atoms with E-state index >= 15 is 0 Å². The van der Waals surface area contributed by atoms with Crippen LogP contribution < -0.4 is 9.64 Å². The fraction of sp³-hybridized carbons (Fsp3) is 0.0625. The van der Waals surface area contributed by atoms with Crippen LogP contribution in [0.1, 0.15) is 47.2 Å². The summed E-state index contributed by atoms with van der Waals surface area (Å²) < 4.78 is 7.40. The first-order chi connectivity index (χ1) is 32.5. The monoisotopic (exact) mass is 841 g/mol. The molecule has 2 nitrogen and oxygen atoms in total. The fourth-order valence-electron chi connectivity index (χ4n) is 12.2. The van der Waals surface area contributed by atoms with Crippen molar-refractivity contribution in [2.75, 3.05) is 4.90 Å². The Morgan fingerprint density at radius 2 is 0.788 bits per heavy atom. The maximum atomic E-state index is 7.40. The third kappa shape index (κ3) is 4.96. The molecular weight excluding hydrogens is 799 g/mol. The molecule has 0 saturated carbocycles. The summed E-state index contributed by atoms with van der Waals surface area (Å²) in [5.74, 6) is 1.66. The second-order valence-electron chi connectivity index (χ2n) is 18.7. The molecule has 0 N–H and O–H groups in total. The van der Waals surface area contributed by atoms with Crippen LogP contribution in [0, 0.1) is 0 Å². The second-order valence-corrected chi connectivity index (χ2v) is 18.7. The molecule has 3 aliphatic carbocycles. The minimum Gasteiger partial charge on any atom is -0.454 e. The molecule has 10 aromatic rings. The van der Waals surface area contributed by atoms with Crippen molar-refractivity contribution in [2.45, 2.75) is 24.7 Å². The Balaban J connectivity index is 1.03. The molecule has 10 aromatic carbocycles. The van der Waals surface area contributed by atoms with Gasteiger partial charge in [-0.05, 0) is 131 Å². The van der Waals surface area contributed by atoms with Gasteiger partial charge in [0.25, 0.3) is 0 Å². The van der Waals surface area contributed by atoms with Crippen molar-refractivity contribution in [1.29, 1.82) is 0 Å². The molecule has 4 aliphatic rings. The largest absolute Gasteiger partial charge is 0.454 e. The topological polar surface area (TPSA) is 12.5 Å². The Hall–Kier alpha value is -8.20. The van der Waals surface area contributed by atoms with E-state index in [1.807, 2.05) is 0 Å². The van der Waals surface area contributed by atoms with Gasteiger partial charge in [-0.2, -0.15) is 0 Å². The zero-order chi connectivity index (χ0) is 43.7. The third-order valence-corrected chi connectivity index (χ3v) is 15.1. The Morgan fingerprint density at radius 3 is 1.41 bits per heavy atom. The maximum Gasteiger partial charge on any atom is 0.159 e. The number of fused-ring (bicyclic) bond motifs is 18. The molecule has 1 heterocycles. The van der Waals surface area contributed by atoms with Crippen molar-refractivity contribution in [1.82, 2.24) is 0 Å². The average molecular weight is 842 g/mol. The van der Waals surface area contributed by atoms with E-state index in [0.29, 0.717) is 0 Å². The smallest absolute Gasteiger partial charge is 0.159 e. The minimum atomic E-state index is -0.485. The van der Waals surface area contributed by atoms with Crippen LogP contribution in [0.5, 0.6) is 11.5 Å².